The van der Waals surface area contributed by atoms with Gasteiger partial charge in [-0.2, -0.15) is 0 Å². The lowest BCUT2D eigenvalue weighted by Crippen LogP contribution is -2.46. The number of likely N-dealkylation sites (tertiary alicyclic amines) is 1. The van der Waals surface area contributed by atoms with Crippen LogP contribution in [-0.4, -0.2) is 33.6 Å². The Labute approximate surface area is 139 Å². The first-order valence-corrected chi connectivity index (χ1v) is 7.92. The molecule has 2 heterocycles. The standard InChI is InChI=1S/C18H20F2N2O2/c1-12-6-7-15(21(12)2)17(23)22-10-8-18(24,9-11-22)16-13(19)4-3-5-14(16)20/h3-7,24H,8-11H2,1-2H3. The summed E-state index contributed by atoms with van der Waals surface area (Å²) in [7, 11) is 1.82. The van der Waals surface area contributed by atoms with Crippen LogP contribution in [0, 0.1) is 18.6 Å². The average molecular weight is 334 g/mol. The molecule has 3 rings (SSSR count). The Morgan fingerprint density at radius 1 is 1.12 bits per heavy atom. The van der Waals surface area contributed by atoms with Gasteiger partial charge in [0.25, 0.3) is 5.91 Å². The van der Waals surface area contributed by atoms with Crippen molar-refractivity contribution in [3.8, 4) is 0 Å². The molecule has 1 aliphatic rings. The van der Waals surface area contributed by atoms with Gasteiger partial charge in [0.2, 0.25) is 0 Å². The van der Waals surface area contributed by atoms with Gasteiger partial charge in [0.15, 0.2) is 0 Å². The Kier molecular flexibility index (Phi) is 4.17. The minimum absolute atomic E-state index is 0.0972. The van der Waals surface area contributed by atoms with Crippen LogP contribution in [0.4, 0.5) is 8.78 Å². The molecule has 1 aromatic carbocycles. The fourth-order valence-corrected chi connectivity index (χ4v) is 3.26. The van der Waals surface area contributed by atoms with Crippen molar-refractivity contribution in [2.24, 2.45) is 7.05 Å². The Hall–Kier alpha value is -2.21. The number of aryl methyl sites for hydroxylation is 1. The van der Waals surface area contributed by atoms with Crippen molar-refractivity contribution in [1.82, 2.24) is 9.47 Å². The van der Waals surface area contributed by atoms with E-state index in [1.54, 1.807) is 15.5 Å². The smallest absolute Gasteiger partial charge is 0.270 e. The van der Waals surface area contributed by atoms with Crippen molar-refractivity contribution < 1.29 is 18.7 Å². The van der Waals surface area contributed by atoms with E-state index in [1.807, 2.05) is 20.0 Å². The van der Waals surface area contributed by atoms with E-state index in [2.05, 4.69) is 0 Å². The highest BCUT2D eigenvalue weighted by Crippen LogP contribution is 2.36. The molecule has 0 spiro atoms. The number of aromatic nitrogens is 1. The van der Waals surface area contributed by atoms with Crippen LogP contribution >= 0.6 is 0 Å². The van der Waals surface area contributed by atoms with Gasteiger partial charge < -0.3 is 14.6 Å². The molecular weight excluding hydrogens is 314 g/mol. The summed E-state index contributed by atoms with van der Waals surface area (Å²) in [6.07, 6.45) is 0.194. The lowest BCUT2D eigenvalue weighted by molar-refractivity contribution is -0.0263. The number of hydrogen-bond acceptors (Lipinski definition) is 2. The van der Waals surface area contributed by atoms with Crippen LogP contribution in [0.1, 0.15) is 34.6 Å². The molecule has 1 N–H and O–H groups in total. The number of amides is 1. The second kappa shape index (κ2) is 6.02. The molecule has 128 valence electrons. The third-order valence-electron chi connectivity index (χ3n) is 4.90. The monoisotopic (exact) mass is 334 g/mol. The number of aliphatic hydroxyl groups is 1. The summed E-state index contributed by atoms with van der Waals surface area (Å²) in [6.45, 7) is 2.40. The number of carbonyl (C=O) groups is 1. The van der Waals surface area contributed by atoms with Gasteiger partial charge in [-0.1, -0.05) is 6.07 Å². The van der Waals surface area contributed by atoms with Crippen LogP contribution in [-0.2, 0) is 12.6 Å². The molecule has 6 heteroatoms. The summed E-state index contributed by atoms with van der Waals surface area (Å²) < 4.78 is 29.8. The maximum Gasteiger partial charge on any atom is 0.270 e. The third-order valence-corrected chi connectivity index (χ3v) is 4.90. The first-order chi connectivity index (χ1) is 11.3. The third kappa shape index (κ3) is 2.71. The zero-order valence-corrected chi connectivity index (χ0v) is 13.7. The number of nitrogens with zero attached hydrogens (tertiary/aromatic N) is 2. The Morgan fingerprint density at radius 3 is 2.21 bits per heavy atom. The first kappa shape index (κ1) is 16.6. The van der Waals surface area contributed by atoms with E-state index in [-0.39, 0.29) is 37.4 Å². The van der Waals surface area contributed by atoms with E-state index in [0.29, 0.717) is 5.69 Å². The van der Waals surface area contributed by atoms with Gasteiger partial charge in [-0.25, -0.2) is 8.78 Å². The molecule has 4 nitrogen and oxygen atoms in total. The molecule has 0 saturated carbocycles. The van der Waals surface area contributed by atoms with E-state index < -0.39 is 17.2 Å². The van der Waals surface area contributed by atoms with E-state index in [4.69, 9.17) is 0 Å². The summed E-state index contributed by atoms with van der Waals surface area (Å²) in [5.74, 6) is -1.65. The van der Waals surface area contributed by atoms with Crippen LogP contribution < -0.4 is 0 Å². The number of carbonyl (C=O) groups excluding carboxylic acids is 1. The molecule has 0 unspecified atom stereocenters. The summed E-state index contributed by atoms with van der Waals surface area (Å²) in [6, 6.07) is 7.17. The minimum atomic E-state index is -1.59. The Balaban J connectivity index is 1.78. The van der Waals surface area contributed by atoms with Gasteiger partial charge in [-0.15, -0.1) is 0 Å². The van der Waals surface area contributed by atoms with E-state index >= 15 is 0 Å². The topological polar surface area (TPSA) is 45.5 Å². The fourth-order valence-electron chi connectivity index (χ4n) is 3.26. The Morgan fingerprint density at radius 2 is 1.71 bits per heavy atom. The summed E-state index contributed by atoms with van der Waals surface area (Å²) in [4.78, 5) is 14.2. The Bertz CT molecular complexity index is 757. The summed E-state index contributed by atoms with van der Waals surface area (Å²) in [5, 5.41) is 10.7. The molecule has 1 amide bonds. The van der Waals surface area contributed by atoms with Crippen LogP contribution in [0.5, 0.6) is 0 Å². The van der Waals surface area contributed by atoms with Gasteiger partial charge in [-0.05, 0) is 44.0 Å². The molecule has 0 aliphatic carbocycles. The maximum absolute atomic E-state index is 14.0. The van der Waals surface area contributed by atoms with Crippen LogP contribution in [0.15, 0.2) is 30.3 Å². The second-order valence-corrected chi connectivity index (χ2v) is 6.34. The van der Waals surface area contributed by atoms with Crippen molar-refractivity contribution in [1.29, 1.82) is 0 Å². The molecule has 1 fully saturated rings. The number of halogens is 2. The zero-order valence-electron chi connectivity index (χ0n) is 13.7. The lowest BCUT2D eigenvalue weighted by Gasteiger charge is -2.38. The largest absolute Gasteiger partial charge is 0.385 e. The predicted octanol–water partition coefficient (Wildman–Crippen LogP) is 2.74. The fraction of sp³-hybridized carbons (Fsp3) is 0.389. The van der Waals surface area contributed by atoms with Gasteiger partial charge in [-0.3, -0.25) is 4.79 Å². The van der Waals surface area contributed by atoms with E-state index in [9.17, 15) is 18.7 Å². The minimum Gasteiger partial charge on any atom is -0.385 e. The molecular formula is C18H20F2N2O2. The van der Waals surface area contributed by atoms with Gasteiger partial charge in [0.1, 0.15) is 17.3 Å². The molecule has 1 aromatic heterocycles. The second-order valence-electron chi connectivity index (χ2n) is 6.34. The quantitative estimate of drug-likeness (QED) is 0.918. The van der Waals surface area contributed by atoms with Gasteiger partial charge in [0, 0.05) is 25.8 Å². The molecule has 0 radical (unpaired) electrons. The highest BCUT2D eigenvalue weighted by Gasteiger charge is 2.39. The van der Waals surface area contributed by atoms with Crippen LogP contribution in [0.3, 0.4) is 0 Å². The predicted molar refractivity (Wildman–Crippen MR) is 85.5 cm³/mol. The molecule has 1 saturated heterocycles. The van der Waals surface area contributed by atoms with Gasteiger partial charge in [0.05, 0.1) is 11.2 Å². The molecule has 0 bridgehead atoms. The van der Waals surface area contributed by atoms with E-state index in [0.717, 1.165) is 17.8 Å². The van der Waals surface area contributed by atoms with Crippen molar-refractivity contribution in [3.63, 3.8) is 0 Å². The summed E-state index contributed by atoms with van der Waals surface area (Å²) in [5.41, 5.74) is -0.349. The number of rotatable bonds is 2. The lowest BCUT2D eigenvalue weighted by atomic mass is 9.83. The van der Waals surface area contributed by atoms with E-state index in [1.165, 1.54) is 6.07 Å². The normalized spacial score (nSPS) is 17.1. The number of hydrogen-bond donors (Lipinski definition) is 1. The molecule has 2 aromatic rings. The SMILES string of the molecule is Cc1ccc(C(=O)N2CCC(O)(c3c(F)cccc3F)CC2)n1C. The van der Waals surface area contributed by atoms with Crippen molar-refractivity contribution >= 4 is 5.91 Å². The van der Waals surface area contributed by atoms with Crippen molar-refractivity contribution in [3.05, 3.63) is 58.9 Å². The number of benzene rings is 1. The van der Waals surface area contributed by atoms with Crippen LogP contribution in [0.2, 0.25) is 0 Å². The molecule has 24 heavy (non-hydrogen) atoms. The molecule has 0 atom stereocenters. The zero-order chi connectivity index (χ0) is 17.5. The summed E-state index contributed by atoms with van der Waals surface area (Å²) >= 11 is 0. The first-order valence-electron chi connectivity index (χ1n) is 7.92. The molecule has 1 aliphatic heterocycles. The highest BCUT2D eigenvalue weighted by atomic mass is 19.1. The van der Waals surface area contributed by atoms with Gasteiger partial charge >= 0.3 is 0 Å². The average Bonchev–Trinajstić information content (AvgIpc) is 2.87. The van der Waals surface area contributed by atoms with Crippen LogP contribution in [0.25, 0.3) is 0 Å². The maximum atomic E-state index is 14.0. The van der Waals surface area contributed by atoms with Crippen molar-refractivity contribution in [2.45, 2.75) is 25.4 Å². The van der Waals surface area contributed by atoms with Crippen molar-refractivity contribution in [2.75, 3.05) is 13.1 Å². The number of piperidine rings is 1. The highest BCUT2D eigenvalue weighted by molar-refractivity contribution is 5.93.